The van der Waals surface area contributed by atoms with Gasteiger partial charge in [-0.25, -0.2) is 0 Å². The first-order valence-corrected chi connectivity index (χ1v) is 16.5. The van der Waals surface area contributed by atoms with Gasteiger partial charge in [0.1, 0.15) is 6.17 Å². The molecular weight excluding hydrogens is 424 g/mol. The van der Waals surface area contributed by atoms with Crippen molar-refractivity contribution in [2.45, 2.75) is 187 Å². The fourth-order valence-electron chi connectivity index (χ4n) is 5.66. The van der Waals surface area contributed by atoms with Gasteiger partial charge >= 0.3 is 0 Å². The molecule has 208 valence electrons. The van der Waals surface area contributed by atoms with Crippen molar-refractivity contribution in [2.75, 3.05) is 13.1 Å². The Hall–Kier alpha value is -0.660. The van der Waals surface area contributed by atoms with Gasteiger partial charge in [-0.2, -0.15) is 0 Å². The summed E-state index contributed by atoms with van der Waals surface area (Å²) in [6, 6.07) is 0. The fraction of sp³-hybridized carbons (Fsp3) is 0.939. The summed E-state index contributed by atoms with van der Waals surface area (Å²) >= 11 is 0. The maximum atomic E-state index is 2.68. The van der Waals surface area contributed by atoms with Crippen molar-refractivity contribution in [1.29, 1.82) is 0 Å². The van der Waals surface area contributed by atoms with Crippen LogP contribution in [0.2, 0.25) is 0 Å². The molecule has 0 fully saturated rings. The summed E-state index contributed by atoms with van der Waals surface area (Å²) in [5, 5.41) is 0. The van der Waals surface area contributed by atoms with Gasteiger partial charge in [0, 0.05) is 25.5 Å². The van der Waals surface area contributed by atoms with Crippen LogP contribution in [0.5, 0.6) is 0 Å². The minimum atomic E-state index is 0.643. The van der Waals surface area contributed by atoms with Crippen LogP contribution in [0.1, 0.15) is 181 Å². The van der Waals surface area contributed by atoms with E-state index in [2.05, 4.69) is 43.0 Å². The average Bonchev–Trinajstić information content (AvgIpc) is 3.25. The zero-order chi connectivity index (χ0) is 25.2. The molecule has 0 bridgehead atoms. The third-order valence-electron chi connectivity index (χ3n) is 8.07. The average molecular weight is 491 g/mol. The van der Waals surface area contributed by atoms with Crippen molar-refractivity contribution in [3.63, 3.8) is 0 Å². The minimum absolute atomic E-state index is 0.643. The second-order valence-corrected chi connectivity index (χ2v) is 11.5. The molecule has 0 aliphatic carbocycles. The van der Waals surface area contributed by atoms with Crippen molar-refractivity contribution in [1.82, 2.24) is 9.80 Å². The first-order valence-electron chi connectivity index (χ1n) is 16.5. The number of hydrogen-bond donors (Lipinski definition) is 0. The summed E-state index contributed by atoms with van der Waals surface area (Å²) in [5.41, 5.74) is 0. The van der Waals surface area contributed by atoms with Crippen LogP contribution in [0.15, 0.2) is 12.4 Å². The van der Waals surface area contributed by atoms with Crippen LogP contribution in [0.25, 0.3) is 0 Å². The molecule has 2 heteroatoms. The quantitative estimate of drug-likeness (QED) is 0.106. The lowest BCUT2D eigenvalue weighted by molar-refractivity contribution is 0.135. The zero-order valence-electron chi connectivity index (χ0n) is 24.7. The Morgan fingerprint density at radius 3 is 1.06 bits per heavy atom. The molecule has 0 saturated heterocycles. The Kier molecular flexibility index (Phi) is 23.1. The Morgan fingerprint density at radius 2 is 0.657 bits per heavy atom. The second kappa shape index (κ2) is 25.0. The normalized spacial score (nSPS) is 15.6. The molecule has 0 aromatic heterocycles. The third-order valence-corrected chi connectivity index (χ3v) is 8.07. The van der Waals surface area contributed by atoms with Crippen LogP contribution in [-0.2, 0) is 0 Å². The van der Waals surface area contributed by atoms with Crippen molar-refractivity contribution < 1.29 is 0 Å². The van der Waals surface area contributed by atoms with Crippen LogP contribution < -0.4 is 0 Å². The van der Waals surface area contributed by atoms with E-state index in [1.54, 1.807) is 0 Å². The van der Waals surface area contributed by atoms with E-state index in [0.717, 1.165) is 0 Å². The first kappa shape index (κ1) is 32.4. The standard InChI is InChI=1S/C33H66N2/c1-4-7-10-12-14-16-17-18-19-20-21-23-25-28-33-34(29-26-9-6-3)31-32-35(33)30-27-24-22-15-13-11-8-5-2/h31-33H,4-30H2,1-3H3. The van der Waals surface area contributed by atoms with E-state index in [4.69, 9.17) is 0 Å². The van der Waals surface area contributed by atoms with E-state index in [-0.39, 0.29) is 0 Å². The summed E-state index contributed by atoms with van der Waals surface area (Å²) in [6.07, 6.45) is 41.0. The number of unbranched alkanes of at least 4 members (excludes halogenated alkanes) is 21. The van der Waals surface area contributed by atoms with Crippen molar-refractivity contribution in [2.24, 2.45) is 0 Å². The van der Waals surface area contributed by atoms with Gasteiger partial charge in [0.25, 0.3) is 0 Å². The summed E-state index contributed by atoms with van der Waals surface area (Å²) in [6.45, 7) is 9.45. The van der Waals surface area contributed by atoms with E-state index in [1.807, 2.05) is 0 Å². The highest BCUT2D eigenvalue weighted by Gasteiger charge is 2.24. The molecule has 1 aliphatic rings. The number of nitrogens with zero attached hydrogens (tertiary/aromatic N) is 2. The monoisotopic (exact) mass is 491 g/mol. The predicted octanol–water partition coefficient (Wildman–Crippen LogP) is 11.2. The molecule has 0 aromatic rings. The molecule has 0 spiro atoms. The Labute approximate surface area is 222 Å². The molecule has 1 aliphatic heterocycles. The van der Waals surface area contributed by atoms with Crippen LogP contribution >= 0.6 is 0 Å². The van der Waals surface area contributed by atoms with Crippen LogP contribution in [-0.4, -0.2) is 29.1 Å². The SMILES string of the molecule is CCCCCCCCCCCCCCCC1N(CCCCC)C=CN1CCCCCCCCCC. The Balaban J connectivity index is 2.13. The van der Waals surface area contributed by atoms with Crippen LogP contribution in [0.3, 0.4) is 0 Å². The molecule has 0 amide bonds. The van der Waals surface area contributed by atoms with Gasteiger partial charge in [-0.15, -0.1) is 0 Å². The zero-order valence-corrected chi connectivity index (χ0v) is 24.7. The molecule has 2 nitrogen and oxygen atoms in total. The molecule has 0 saturated carbocycles. The van der Waals surface area contributed by atoms with Crippen molar-refractivity contribution >= 4 is 0 Å². The van der Waals surface area contributed by atoms with E-state index in [1.165, 1.54) is 174 Å². The molecule has 0 aromatic carbocycles. The summed E-state index contributed by atoms with van der Waals surface area (Å²) in [4.78, 5) is 5.35. The smallest absolute Gasteiger partial charge is 0.101 e. The largest absolute Gasteiger partial charge is 0.356 e. The highest BCUT2D eigenvalue weighted by atomic mass is 15.4. The molecule has 1 unspecified atom stereocenters. The molecular formula is C33H66N2. The third kappa shape index (κ3) is 18.3. The minimum Gasteiger partial charge on any atom is -0.356 e. The lowest BCUT2D eigenvalue weighted by Crippen LogP contribution is -2.39. The summed E-state index contributed by atoms with van der Waals surface area (Å²) in [5.74, 6) is 0. The molecule has 1 atom stereocenters. The molecule has 35 heavy (non-hydrogen) atoms. The Morgan fingerprint density at radius 1 is 0.371 bits per heavy atom. The lowest BCUT2D eigenvalue weighted by atomic mass is 10.0. The summed E-state index contributed by atoms with van der Waals surface area (Å²) in [7, 11) is 0. The molecule has 1 heterocycles. The van der Waals surface area contributed by atoms with Gasteiger partial charge in [-0.3, -0.25) is 0 Å². The van der Waals surface area contributed by atoms with Crippen molar-refractivity contribution in [3.8, 4) is 0 Å². The topological polar surface area (TPSA) is 6.48 Å². The summed E-state index contributed by atoms with van der Waals surface area (Å²) < 4.78 is 0. The predicted molar refractivity (Wildman–Crippen MR) is 159 cm³/mol. The van der Waals surface area contributed by atoms with Gasteiger partial charge in [0.2, 0.25) is 0 Å². The van der Waals surface area contributed by atoms with Gasteiger partial charge in [-0.05, 0) is 25.7 Å². The van der Waals surface area contributed by atoms with Gasteiger partial charge in [0.05, 0.1) is 0 Å². The number of hydrogen-bond acceptors (Lipinski definition) is 2. The van der Waals surface area contributed by atoms with Gasteiger partial charge < -0.3 is 9.80 Å². The van der Waals surface area contributed by atoms with Crippen LogP contribution in [0.4, 0.5) is 0 Å². The fourth-order valence-corrected chi connectivity index (χ4v) is 5.66. The molecule has 0 N–H and O–H groups in total. The maximum absolute atomic E-state index is 2.68. The Bertz CT molecular complexity index is 446. The number of rotatable bonds is 27. The van der Waals surface area contributed by atoms with Crippen molar-refractivity contribution in [3.05, 3.63) is 12.4 Å². The van der Waals surface area contributed by atoms with E-state index >= 15 is 0 Å². The van der Waals surface area contributed by atoms with E-state index < -0.39 is 0 Å². The molecule has 1 rings (SSSR count). The van der Waals surface area contributed by atoms with E-state index in [0.29, 0.717) is 6.17 Å². The van der Waals surface area contributed by atoms with Gasteiger partial charge in [0.15, 0.2) is 0 Å². The van der Waals surface area contributed by atoms with Crippen LogP contribution in [0, 0.1) is 0 Å². The molecule has 0 radical (unpaired) electrons. The first-order chi connectivity index (χ1) is 17.3. The highest BCUT2D eigenvalue weighted by molar-refractivity contribution is 4.97. The maximum Gasteiger partial charge on any atom is 0.101 e. The van der Waals surface area contributed by atoms with E-state index in [9.17, 15) is 0 Å². The lowest BCUT2D eigenvalue weighted by Gasteiger charge is -2.33. The van der Waals surface area contributed by atoms with Gasteiger partial charge in [-0.1, -0.05) is 156 Å². The highest BCUT2D eigenvalue weighted by Crippen LogP contribution is 2.24. The second-order valence-electron chi connectivity index (χ2n) is 11.5.